The van der Waals surface area contributed by atoms with Crippen molar-refractivity contribution in [3.05, 3.63) is 47.5 Å². The Balaban J connectivity index is 0.00000420. The minimum Gasteiger partial charge on any atom is -0.197 e. The average molecular weight is 552 g/mol. The maximum atomic E-state index is 2.43. The topological polar surface area (TPSA) is 0 Å². The molecule has 0 heterocycles. The quantitative estimate of drug-likeness (QED) is 0.144. The van der Waals surface area contributed by atoms with E-state index in [-0.39, 0.29) is 62.4 Å². The first-order valence-corrected chi connectivity index (χ1v) is 12.4. The van der Waals surface area contributed by atoms with E-state index < -0.39 is 0 Å². The van der Waals surface area contributed by atoms with Crippen LogP contribution in [0, 0.1) is 0 Å². The Labute approximate surface area is 234 Å². The number of unbranched alkanes of at least 4 members (excludes halogenated alkanes) is 12. The van der Waals surface area contributed by atoms with E-state index in [9.17, 15) is 0 Å². The van der Waals surface area contributed by atoms with Gasteiger partial charge in [0.1, 0.15) is 0 Å². The summed E-state index contributed by atoms with van der Waals surface area (Å²) in [6, 6.07) is 13.8. The number of fused-ring (bicyclic) bond motifs is 1. The molecule has 0 aliphatic rings. The molecule has 0 aliphatic carbocycles. The molecular formula is C28H46BaS. The fourth-order valence-electron chi connectivity index (χ4n) is 4.44. The van der Waals surface area contributed by atoms with Gasteiger partial charge in [-0.15, -0.1) is 0 Å². The van der Waals surface area contributed by atoms with Crippen molar-refractivity contribution in [2.75, 3.05) is 0 Å². The molecule has 2 heteroatoms. The summed E-state index contributed by atoms with van der Waals surface area (Å²) in [5, 5.41) is 2.93. The van der Waals surface area contributed by atoms with E-state index >= 15 is 0 Å². The zero-order valence-corrected chi connectivity index (χ0v) is 25.4. The minimum absolute atomic E-state index is 0. The van der Waals surface area contributed by atoms with Crippen LogP contribution in [-0.2, 0) is 12.8 Å². The molecule has 0 aromatic heterocycles. The first-order chi connectivity index (χ1) is 13.9. The standard InChI is InChI=1S/C28H44.Ba.H2S/c1-3-5-7-9-11-13-15-19-25-23-24-26-20-17-18-22-28(26)27(25)21-16-14-12-10-8-6-4-2;;/h17-18,20,22-24H,3-16,19,21H2,1-2H3;;1H2. The van der Waals surface area contributed by atoms with Crippen LogP contribution in [-0.4, -0.2) is 48.9 Å². The van der Waals surface area contributed by atoms with Gasteiger partial charge in [0.15, 0.2) is 0 Å². The Morgan fingerprint density at radius 1 is 0.533 bits per heavy atom. The number of hydrogen-bond acceptors (Lipinski definition) is 0. The molecule has 0 spiro atoms. The fraction of sp³-hybridized carbons (Fsp3) is 0.643. The monoisotopic (exact) mass is 552 g/mol. The largest absolute Gasteiger partial charge is 0.197 e. The Kier molecular flexibility index (Phi) is 20.7. The van der Waals surface area contributed by atoms with Crippen LogP contribution >= 0.6 is 13.5 Å². The summed E-state index contributed by atoms with van der Waals surface area (Å²) in [5.41, 5.74) is 3.27. The molecule has 0 amide bonds. The van der Waals surface area contributed by atoms with Gasteiger partial charge in [-0.25, -0.2) is 0 Å². The predicted molar refractivity (Wildman–Crippen MR) is 143 cm³/mol. The maximum Gasteiger partial charge on any atom is 0 e. The first-order valence-electron chi connectivity index (χ1n) is 12.4. The van der Waals surface area contributed by atoms with Crippen LogP contribution in [0.4, 0.5) is 0 Å². The van der Waals surface area contributed by atoms with Crippen LogP contribution in [0.2, 0.25) is 0 Å². The van der Waals surface area contributed by atoms with Crippen molar-refractivity contribution in [3.8, 4) is 0 Å². The number of aryl methyl sites for hydroxylation is 2. The molecule has 0 atom stereocenters. The van der Waals surface area contributed by atoms with Crippen LogP contribution in [0.5, 0.6) is 0 Å². The first kappa shape index (κ1) is 30.6. The molecule has 0 bridgehead atoms. The minimum atomic E-state index is 0. The normalized spacial score (nSPS) is 10.6. The Bertz CT molecular complexity index is 652. The Hall–Kier alpha value is 0.621. The molecule has 0 fully saturated rings. The van der Waals surface area contributed by atoms with Crippen molar-refractivity contribution in [3.63, 3.8) is 0 Å². The van der Waals surface area contributed by atoms with Gasteiger partial charge in [0.2, 0.25) is 0 Å². The zero-order chi connectivity index (χ0) is 19.9. The number of benzene rings is 2. The van der Waals surface area contributed by atoms with Gasteiger partial charge in [-0.1, -0.05) is 127 Å². The molecule has 2 aromatic rings. The van der Waals surface area contributed by atoms with E-state index in [2.05, 4.69) is 50.2 Å². The summed E-state index contributed by atoms with van der Waals surface area (Å²) >= 11 is 0. The molecule has 0 aliphatic heterocycles. The van der Waals surface area contributed by atoms with E-state index in [1.165, 1.54) is 114 Å². The van der Waals surface area contributed by atoms with Crippen molar-refractivity contribution >= 4 is 73.1 Å². The molecule has 0 saturated carbocycles. The number of rotatable bonds is 16. The third-order valence-electron chi connectivity index (χ3n) is 6.22. The predicted octanol–water partition coefficient (Wildman–Crippen LogP) is 9.16. The summed E-state index contributed by atoms with van der Waals surface area (Å²) < 4.78 is 0. The van der Waals surface area contributed by atoms with Gasteiger partial charge in [-0.05, 0) is 47.6 Å². The van der Waals surface area contributed by atoms with Crippen LogP contribution in [0.15, 0.2) is 36.4 Å². The van der Waals surface area contributed by atoms with E-state index in [0.29, 0.717) is 0 Å². The van der Waals surface area contributed by atoms with Crippen LogP contribution in [0.3, 0.4) is 0 Å². The van der Waals surface area contributed by atoms with Crippen LogP contribution in [0.25, 0.3) is 10.8 Å². The zero-order valence-electron chi connectivity index (χ0n) is 20.0. The van der Waals surface area contributed by atoms with Crippen molar-refractivity contribution in [2.45, 2.75) is 117 Å². The molecule has 166 valence electrons. The van der Waals surface area contributed by atoms with Gasteiger partial charge in [0.05, 0.1) is 0 Å². The second-order valence-electron chi connectivity index (χ2n) is 8.67. The SMILES string of the molecule is CCCCCCCCCc1ccc2ccccc2c1CCCCCCCCC.S.[Ba]. The molecule has 0 N–H and O–H groups in total. The summed E-state index contributed by atoms with van der Waals surface area (Å²) in [7, 11) is 0. The summed E-state index contributed by atoms with van der Waals surface area (Å²) in [4.78, 5) is 0. The summed E-state index contributed by atoms with van der Waals surface area (Å²) in [6.07, 6.45) is 22.1. The maximum absolute atomic E-state index is 2.43. The fourth-order valence-corrected chi connectivity index (χ4v) is 4.44. The van der Waals surface area contributed by atoms with Crippen molar-refractivity contribution < 1.29 is 0 Å². The second-order valence-corrected chi connectivity index (χ2v) is 8.67. The van der Waals surface area contributed by atoms with Gasteiger partial charge < -0.3 is 0 Å². The van der Waals surface area contributed by atoms with Gasteiger partial charge in [0.25, 0.3) is 0 Å². The Morgan fingerprint density at radius 3 is 1.63 bits per heavy atom. The summed E-state index contributed by atoms with van der Waals surface area (Å²) in [5.74, 6) is 0. The molecule has 0 unspecified atom stereocenters. The van der Waals surface area contributed by atoms with Crippen LogP contribution < -0.4 is 0 Å². The molecule has 0 nitrogen and oxygen atoms in total. The second kappa shape index (κ2) is 20.2. The van der Waals surface area contributed by atoms with Crippen molar-refractivity contribution in [2.24, 2.45) is 0 Å². The van der Waals surface area contributed by atoms with Crippen molar-refractivity contribution in [1.29, 1.82) is 0 Å². The number of hydrogen-bond donors (Lipinski definition) is 0. The molecular weight excluding hydrogens is 506 g/mol. The van der Waals surface area contributed by atoms with Gasteiger partial charge >= 0.3 is 0 Å². The van der Waals surface area contributed by atoms with Crippen LogP contribution in [0.1, 0.15) is 115 Å². The van der Waals surface area contributed by atoms with E-state index in [1.807, 2.05) is 0 Å². The van der Waals surface area contributed by atoms with E-state index in [1.54, 1.807) is 11.1 Å². The molecule has 2 aromatic carbocycles. The third kappa shape index (κ3) is 12.0. The third-order valence-corrected chi connectivity index (χ3v) is 6.22. The van der Waals surface area contributed by atoms with Gasteiger partial charge in [-0.2, -0.15) is 13.5 Å². The molecule has 30 heavy (non-hydrogen) atoms. The molecule has 2 radical (unpaired) electrons. The van der Waals surface area contributed by atoms with Gasteiger partial charge in [-0.3, -0.25) is 0 Å². The van der Waals surface area contributed by atoms with E-state index in [0.717, 1.165) is 0 Å². The van der Waals surface area contributed by atoms with Gasteiger partial charge in [0, 0.05) is 48.9 Å². The average Bonchev–Trinajstić information content (AvgIpc) is 2.73. The van der Waals surface area contributed by atoms with Crippen molar-refractivity contribution in [1.82, 2.24) is 0 Å². The molecule has 0 saturated heterocycles. The summed E-state index contributed by atoms with van der Waals surface area (Å²) in [6.45, 7) is 4.60. The molecule has 2 rings (SSSR count). The van der Waals surface area contributed by atoms with E-state index in [4.69, 9.17) is 0 Å². The Morgan fingerprint density at radius 2 is 1.03 bits per heavy atom. The smallest absolute Gasteiger partial charge is 0 e.